The lowest BCUT2D eigenvalue weighted by Crippen LogP contribution is -2.44. The lowest BCUT2D eigenvalue weighted by molar-refractivity contribution is -0.127. The molecular weight excluding hydrogens is 265 g/mol. The average molecular weight is 281 g/mol. The van der Waals surface area contributed by atoms with Crippen LogP contribution in [0.15, 0.2) is 18.2 Å². The Balaban J connectivity index is 2.05. The summed E-state index contributed by atoms with van der Waals surface area (Å²) in [6.45, 7) is 4.48. The maximum absolute atomic E-state index is 13.6. The van der Waals surface area contributed by atoms with E-state index in [1.165, 1.54) is 19.1 Å². The number of benzene rings is 1. The molecule has 1 aliphatic heterocycles. The molecule has 0 aliphatic carbocycles. The van der Waals surface area contributed by atoms with Crippen LogP contribution in [-0.4, -0.2) is 31.7 Å². The number of carbonyl (C=O) groups is 2. The maximum Gasteiger partial charge on any atom is 0.341 e. The first-order valence-corrected chi connectivity index (χ1v) is 6.22. The van der Waals surface area contributed by atoms with Gasteiger partial charge in [-0.1, -0.05) is 6.92 Å². The van der Waals surface area contributed by atoms with Crippen LogP contribution in [0.4, 0.5) is 10.1 Å². The molecule has 0 atom stereocenters. The molecule has 20 heavy (non-hydrogen) atoms. The Kier molecular flexibility index (Phi) is 4.04. The van der Waals surface area contributed by atoms with Gasteiger partial charge in [0.05, 0.1) is 18.8 Å². The monoisotopic (exact) mass is 281 g/mol. The first-order valence-electron chi connectivity index (χ1n) is 6.22. The summed E-state index contributed by atoms with van der Waals surface area (Å²) >= 11 is 0. The fraction of sp³-hybridized carbons (Fsp3) is 0.429. The second kappa shape index (κ2) is 5.58. The number of ether oxygens (including phenoxy) is 2. The second-order valence-corrected chi connectivity index (χ2v) is 5.26. The Labute approximate surface area is 116 Å². The summed E-state index contributed by atoms with van der Waals surface area (Å²) < 4.78 is 23.8. The number of halogens is 1. The van der Waals surface area contributed by atoms with Crippen molar-refractivity contribution in [3.8, 4) is 0 Å². The Morgan fingerprint density at radius 1 is 1.45 bits per heavy atom. The zero-order valence-electron chi connectivity index (χ0n) is 11.4. The van der Waals surface area contributed by atoms with Gasteiger partial charge in [-0.3, -0.25) is 4.79 Å². The van der Waals surface area contributed by atoms with Crippen LogP contribution >= 0.6 is 0 Å². The third-order valence-electron chi connectivity index (χ3n) is 2.96. The van der Waals surface area contributed by atoms with E-state index >= 15 is 0 Å². The van der Waals surface area contributed by atoms with Crippen molar-refractivity contribution in [3.05, 3.63) is 29.6 Å². The zero-order valence-corrected chi connectivity index (χ0v) is 11.4. The van der Waals surface area contributed by atoms with Crippen molar-refractivity contribution in [2.75, 3.05) is 25.1 Å². The van der Waals surface area contributed by atoms with E-state index in [9.17, 15) is 14.0 Å². The van der Waals surface area contributed by atoms with E-state index in [1.54, 1.807) is 0 Å². The number of anilines is 1. The van der Waals surface area contributed by atoms with Crippen molar-refractivity contribution in [2.24, 2.45) is 5.41 Å². The summed E-state index contributed by atoms with van der Waals surface area (Å²) in [4.78, 5) is 22.8. The molecule has 1 aromatic rings. The number of amides is 1. The molecule has 0 aromatic heterocycles. The van der Waals surface area contributed by atoms with Crippen LogP contribution in [0.1, 0.15) is 24.2 Å². The van der Waals surface area contributed by atoms with E-state index in [0.29, 0.717) is 18.9 Å². The minimum absolute atomic E-state index is 0.176. The van der Waals surface area contributed by atoms with E-state index in [2.05, 4.69) is 5.32 Å². The van der Waals surface area contributed by atoms with Crippen LogP contribution in [-0.2, 0) is 14.3 Å². The molecule has 0 radical (unpaired) electrons. The molecule has 1 amide bonds. The van der Waals surface area contributed by atoms with Crippen molar-refractivity contribution in [1.29, 1.82) is 0 Å². The molecule has 1 heterocycles. The smallest absolute Gasteiger partial charge is 0.341 e. The fourth-order valence-corrected chi connectivity index (χ4v) is 1.81. The Morgan fingerprint density at radius 3 is 2.70 bits per heavy atom. The lowest BCUT2D eigenvalue weighted by Gasteiger charge is -2.37. The third-order valence-corrected chi connectivity index (χ3v) is 2.96. The fourth-order valence-electron chi connectivity index (χ4n) is 1.81. The van der Waals surface area contributed by atoms with Gasteiger partial charge in [0, 0.05) is 18.0 Å². The van der Waals surface area contributed by atoms with Crippen molar-refractivity contribution in [1.82, 2.24) is 0 Å². The van der Waals surface area contributed by atoms with E-state index in [0.717, 1.165) is 6.07 Å². The number of rotatable bonds is 4. The number of carbonyl (C=O) groups excluding carboxylic acids is 2. The summed E-state index contributed by atoms with van der Waals surface area (Å²) in [5.74, 6) is -1.73. The number of nitrogens with one attached hydrogen (secondary N) is 1. The van der Waals surface area contributed by atoms with Gasteiger partial charge >= 0.3 is 5.97 Å². The van der Waals surface area contributed by atoms with E-state index in [-0.39, 0.29) is 23.5 Å². The highest BCUT2D eigenvalue weighted by Gasteiger charge is 2.35. The Hall–Kier alpha value is -1.95. The maximum atomic E-state index is 13.6. The van der Waals surface area contributed by atoms with Crippen molar-refractivity contribution in [3.63, 3.8) is 0 Å². The summed E-state index contributed by atoms with van der Waals surface area (Å²) in [5, 5.41) is 2.49. The highest BCUT2D eigenvalue weighted by molar-refractivity contribution is 5.93. The van der Waals surface area contributed by atoms with Gasteiger partial charge in [-0.2, -0.15) is 0 Å². The summed E-state index contributed by atoms with van der Waals surface area (Å²) in [6.07, 6.45) is 0. The van der Waals surface area contributed by atoms with Gasteiger partial charge < -0.3 is 14.8 Å². The topological polar surface area (TPSA) is 64.6 Å². The van der Waals surface area contributed by atoms with Crippen LogP contribution in [0.25, 0.3) is 0 Å². The molecule has 1 saturated heterocycles. The van der Waals surface area contributed by atoms with Gasteiger partial charge in [0.1, 0.15) is 12.4 Å². The highest BCUT2D eigenvalue weighted by atomic mass is 19.1. The minimum Gasteiger partial charge on any atom is -0.461 e. The highest BCUT2D eigenvalue weighted by Crippen LogP contribution is 2.27. The average Bonchev–Trinajstić information content (AvgIpc) is 2.35. The molecule has 5 nitrogen and oxygen atoms in total. The van der Waals surface area contributed by atoms with Gasteiger partial charge in [0.2, 0.25) is 5.91 Å². The largest absolute Gasteiger partial charge is 0.461 e. The molecular formula is C14H16FNO4. The molecule has 1 aromatic carbocycles. The number of esters is 1. The van der Waals surface area contributed by atoms with Crippen LogP contribution in [0.2, 0.25) is 0 Å². The molecule has 0 unspecified atom stereocenters. The molecule has 108 valence electrons. The first-order chi connectivity index (χ1) is 9.39. The summed E-state index contributed by atoms with van der Waals surface area (Å²) in [6, 6.07) is 3.77. The lowest BCUT2D eigenvalue weighted by atomic mass is 9.90. The molecule has 1 aliphatic rings. The van der Waals surface area contributed by atoms with Crippen LogP contribution < -0.4 is 5.32 Å². The van der Waals surface area contributed by atoms with Gasteiger partial charge in [0.25, 0.3) is 0 Å². The minimum atomic E-state index is -0.747. The van der Waals surface area contributed by atoms with Gasteiger partial charge in [-0.15, -0.1) is 0 Å². The van der Waals surface area contributed by atoms with Crippen LogP contribution in [0.3, 0.4) is 0 Å². The molecule has 2 rings (SSSR count). The number of hydrogen-bond donors (Lipinski definition) is 1. The van der Waals surface area contributed by atoms with Crippen molar-refractivity contribution < 1.29 is 23.5 Å². The predicted molar refractivity (Wildman–Crippen MR) is 69.9 cm³/mol. The Morgan fingerprint density at radius 2 is 2.15 bits per heavy atom. The summed E-state index contributed by atoms with van der Waals surface area (Å²) in [5.41, 5.74) is -0.0365. The van der Waals surface area contributed by atoms with Gasteiger partial charge in [-0.25, -0.2) is 9.18 Å². The van der Waals surface area contributed by atoms with E-state index in [4.69, 9.17) is 9.47 Å². The first kappa shape index (κ1) is 14.5. The zero-order chi connectivity index (χ0) is 14.8. The Bertz CT molecular complexity index is 540. The molecule has 6 heteroatoms. The SMILES string of the molecule is CC(=O)Nc1ccc(F)c(C(=O)OCC2(C)COC2)c1. The predicted octanol–water partition coefficient (Wildman–Crippen LogP) is 1.98. The molecule has 1 N–H and O–H groups in total. The van der Waals surface area contributed by atoms with Crippen molar-refractivity contribution >= 4 is 17.6 Å². The van der Waals surface area contributed by atoms with Gasteiger partial charge in [0.15, 0.2) is 0 Å². The molecule has 0 spiro atoms. The molecule has 0 saturated carbocycles. The van der Waals surface area contributed by atoms with Crippen LogP contribution in [0, 0.1) is 11.2 Å². The van der Waals surface area contributed by atoms with Crippen LogP contribution in [0.5, 0.6) is 0 Å². The second-order valence-electron chi connectivity index (χ2n) is 5.26. The molecule has 0 bridgehead atoms. The van der Waals surface area contributed by atoms with E-state index < -0.39 is 11.8 Å². The quantitative estimate of drug-likeness (QED) is 0.857. The third kappa shape index (κ3) is 3.33. The van der Waals surface area contributed by atoms with Crippen molar-refractivity contribution in [2.45, 2.75) is 13.8 Å². The number of hydrogen-bond acceptors (Lipinski definition) is 4. The summed E-state index contributed by atoms with van der Waals surface area (Å²) in [7, 11) is 0. The standard InChI is InChI=1S/C14H16FNO4/c1-9(17)16-10-3-4-12(15)11(5-10)13(18)20-8-14(2)6-19-7-14/h3-5H,6-8H2,1-2H3,(H,16,17). The van der Waals surface area contributed by atoms with E-state index in [1.807, 2.05) is 6.92 Å². The normalized spacial score (nSPS) is 16.1. The molecule has 1 fully saturated rings. The van der Waals surface area contributed by atoms with Gasteiger partial charge in [-0.05, 0) is 18.2 Å².